The number of nitrogens with one attached hydrogen (secondary N) is 1. The van der Waals surface area contributed by atoms with Crippen molar-refractivity contribution in [1.82, 2.24) is 4.98 Å². The third kappa shape index (κ3) is 5.52. The second kappa shape index (κ2) is 9.65. The minimum Gasteiger partial charge on any atom is -0.489 e. The largest absolute Gasteiger partial charge is 0.489 e. The fourth-order valence-electron chi connectivity index (χ4n) is 2.64. The van der Waals surface area contributed by atoms with Gasteiger partial charge < -0.3 is 4.74 Å². The first-order valence-corrected chi connectivity index (χ1v) is 10.8. The van der Waals surface area contributed by atoms with Crippen LogP contribution in [0.2, 0.25) is 0 Å². The highest BCUT2D eigenvalue weighted by Crippen LogP contribution is 2.26. The molecule has 0 saturated heterocycles. The number of aromatic nitrogens is 1. The molecule has 0 unspecified atom stereocenters. The average Bonchev–Trinajstić information content (AvgIpc) is 3.24. The molecule has 0 spiro atoms. The summed E-state index contributed by atoms with van der Waals surface area (Å²) in [6, 6.07) is 21.9. The van der Waals surface area contributed by atoms with Crippen molar-refractivity contribution >= 4 is 38.6 Å². The molecule has 1 heterocycles. The lowest BCUT2D eigenvalue weighted by Gasteiger charge is -2.06. The second-order valence-electron chi connectivity index (χ2n) is 6.40. The Morgan fingerprint density at radius 3 is 2.47 bits per heavy atom. The molecule has 0 aliphatic rings. The molecule has 0 amide bonds. The van der Waals surface area contributed by atoms with Gasteiger partial charge in [0.15, 0.2) is 0 Å². The number of thiazole rings is 1. The quantitative estimate of drug-likeness (QED) is 0.235. The second-order valence-corrected chi connectivity index (χ2v) is 8.17. The third-order valence-corrected chi connectivity index (χ3v) is 5.49. The topological polar surface area (TPSA) is 46.5 Å². The van der Waals surface area contributed by atoms with Crippen LogP contribution in [-0.2, 0) is 6.61 Å². The Bertz CT molecular complexity index is 1130. The van der Waals surface area contributed by atoms with Crippen LogP contribution < -0.4 is 10.2 Å². The third-order valence-electron chi connectivity index (χ3n) is 4.22. The summed E-state index contributed by atoms with van der Waals surface area (Å²) in [6.45, 7) is 0.389. The maximum absolute atomic E-state index is 12.9. The highest BCUT2D eigenvalue weighted by atomic mass is 79.9. The van der Waals surface area contributed by atoms with Crippen molar-refractivity contribution in [2.75, 3.05) is 5.43 Å². The van der Waals surface area contributed by atoms with Crippen LogP contribution in [0.5, 0.6) is 5.75 Å². The maximum Gasteiger partial charge on any atom is 0.203 e. The molecule has 4 aromatic rings. The number of hydrogen-bond donors (Lipinski definition) is 1. The molecule has 0 bridgehead atoms. The van der Waals surface area contributed by atoms with Crippen LogP contribution in [0.3, 0.4) is 0 Å². The van der Waals surface area contributed by atoms with Gasteiger partial charge in [0.05, 0.1) is 11.9 Å². The van der Waals surface area contributed by atoms with E-state index in [9.17, 15) is 4.39 Å². The Morgan fingerprint density at radius 1 is 1.00 bits per heavy atom. The average molecular weight is 482 g/mol. The molecule has 0 aliphatic heterocycles. The van der Waals surface area contributed by atoms with Crippen molar-refractivity contribution in [3.05, 3.63) is 99.6 Å². The predicted molar refractivity (Wildman–Crippen MR) is 124 cm³/mol. The molecule has 0 saturated carbocycles. The number of hydrazone groups is 1. The lowest BCUT2D eigenvalue weighted by molar-refractivity contribution is 0.306. The fourth-order valence-corrected chi connectivity index (χ4v) is 3.57. The van der Waals surface area contributed by atoms with Gasteiger partial charge in [0.2, 0.25) is 5.13 Å². The van der Waals surface area contributed by atoms with Gasteiger partial charge in [0.1, 0.15) is 18.2 Å². The number of anilines is 1. The van der Waals surface area contributed by atoms with Crippen molar-refractivity contribution in [3.8, 4) is 17.0 Å². The first-order chi connectivity index (χ1) is 14.7. The van der Waals surface area contributed by atoms with Crippen LogP contribution >= 0.6 is 27.3 Å². The van der Waals surface area contributed by atoms with Crippen molar-refractivity contribution in [2.45, 2.75) is 6.61 Å². The van der Waals surface area contributed by atoms with Gasteiger partial charge >= 0.3 is 0 Å². The Morgan fingerprint density at radius 2 is 1.73 bits per heavy atom. The van der Waals surface area contributed by atoms with E-state index in [-0.39, 0.29) is 5.82 Å². The predicted octanol–water partition coefficient (Wildman–Crippen LogP) is 6.74. The van der Waals surface area contributed by atoms with Crippen molar-refractivity contribution in [2.24, 2.45) is 5.10 Å². The van der Waals surface area contributed by atoms with Crippen LogP contribution in [0.4, 0.5) is 9.52 Å². The molecule has 1 N–H and O–H groups in total. The summed E-state index contributed by atoms with van der Waals surface area (Å²) in [7, 11) is 0. The number of ether oxygens (including phenoxy) is 1. The van der Waals surface area contributed by atoms with Gasteiger partial charge in [0.25, 0.3) is 0 Å². The van der Waals surface area contributed by atoms with E-state index in [1.165, 1.54) is 23.5 Å². The lowest BCUT2D eigenvalue weighted by atomic mass is 10.2. The Hall–Kier alpha value is -3.03. The monoisotopic (exact) mass is 481 g/mol. The fraction of sp³-hybridized carbons (Fsp3) is 0.0435. The summed E-state index contributed by atoms with van der Waals surface area (Å²) in [4.78, 5) is 4.55. The SMILES string of the molecule is Fc1ccc(COc2ccc(/C=N/Nc3nc(-c4ccc(Br)cc4)cs3)cc2)cc1. The van der Waals surface area contributed by atoms with Crippen LogP contribution in [0, 0.1) is 5.82 Å². The van der Waals surface area contributed by atoms with Crippen LogP contribution in [0.25, 0.3) is 11.3 Å². The van der Waals surface area contributed by atoms with Crippen LogP contribution in [0.15, 0.2) is 87.8 Å². The van der Waals surface area contributed by atoms with E-state index in [1.54, 1.807) is 18.3 Å². The molecular weight excluding hydrogens is 465 g/mol. The summed E-state index contributed by atoms with van der Waals surface area (Å²) in [5, 5.41) is 6.97. The number of nitrogens with zero attached hydrogens (tertiary/aromatic N) is 2. The highest BCUT2D eigenvalue weighted by Gasteiger charge is 2.04. The highest BCUT2D eigenvalue weighted by molar-refractivity contribution is 9.10. The van der Waals surface area contributed by atoms with Gasteiger partial charge in [-0.2, -0.15) is 5.10 Å². The Kier molecular flexibility index (Phi) is 6.51. The van der Waals surface area contributed by atoms with Crippen molar-refractivity contribution < 1.29 is 9.13 Å². The number of hydrogen-bond acceptors (Lipinski definition) is 5. The van der Waals surface area contributed by atoms with Crippen LogP contribution in [0.1, 0.15) is 11.1 Å². The van der Waals surface area contributed by atoms with Gasteiger partial charge in [-0.25, -0.2) is 9.37 Å². The summed E-state index contributed by atoms with van der Waals surface area (Å²) in [5.74, 6) is 0.488. The molecule has 7 heteroatoms. The van der Waals surface area contributed by atoms with E-state index >= 15 is 0 Å². The molecule has 0 fully saturated rings. The number of rotatable bonds is 7. The van der Waals surface area contributed by atoms with Crippen molar-refractivity contribution in [3.63, 3.8) is 0 Å². The molecule has 150 valence electrons. The maximum atomic E-state index is 12.9. The number of benzene rings is 3. The molecule has 1 aromatic heterocycles. The molecular formula is C23H17BrFN3OS. The van der Waals surface area contributed by atoms with E-state index in [0.29, 0.717) is 6.61 Å². The summed E-state index contributed by atoms with van der Waals surface area (Å²) < 4.78 is 19.7. The smallest absolute Gasteiger partial charge is 0.203 e. The lowest BCUT2D eigenvalue weighted by Crippen LogP contribution is -1.96. The van der Waals surface area contributed by atoms with E-state index in [2.05, 4.69) is 31.4 Å². The standard InChI is InChI=1S/C23H17BrFN3OS/c24-19-7-5-18(6-8-19)22-15-30-23(27-22)28-26-13-16-3-11-21(12-4-16)29-14-17-1-9-20(25)10-2-17/h1-13,15H,14H2,(H,27,28)/b26-13+. The van der Waals surface area contributed by atoms with Gasteiger partial charge in [-0.3, -0.25) is 5.43 Å². The zero-order valence-electron chi connectivity index (χ0n) is 15.8. The first kappa shape index (κ1) is 20.3. The molecule has 0 aliphatic carbocycles. The molecule has 0 radical (unpaired) electrons. The minimum atomic E-state index is -0.252. The Balaban J connectivity index is 1.30. The summed E-state index contributed by atoms with van der Waals surface area (Å²) >= 11 is 4.94. The molecule has 4 nitrogen and oxygen atoms in total. The van der Waals surface area contributed by atoms with Gasteiger partial charge in [0, 0.05) is 15.4 Å². The molecule has 4 rings (SSSR count). The molecule has 30 heavy (non-hydrogen) atoms. The Labute approximate surface area is 186 Å². The van der Waals surface area contributed by atoms with Gasteiger partial charge in [-0.05, 0) is 59.7 Å². The summed E-state index contributed by atoms with van der Waals surface area (Å²) in [5.41, 5.74) is 6.78. The van der Waals surface area contributed by atoms with E-state index in [4.69, 9.17) is 4.74 Å². The van der Waals surface area contributed by atoms with Crippen molar-refractivity contribution in [1.29, 1.82) is 0 Å². The first-order valence-electron chi connectivity index (χ1n) is 9.13. The minimum absolute atomic E-state index is 0.252. The molecule has 0 atom stereocenters. The molecule has 3 aromatic carbocycles. The van der Waals surface area contributed by atoms with Crippen LogP contribution in [-0.4, -0.2) is 11.2 Å². The van der Waals surface area contributed by atoms with E-state index in [0.717, 1.165) is 37.7 Å². The zero-order valence-corrected chi connectivity index (χ0v) is 18.2. The van der Waals surface area contributed by atoms with Gasteiger partial charge in [-0.15, -0.1) is 11.3 Å². The van der Waals surface area contributed by atoms with E-state index < -0.39 is 0 Å². The summed E-state index contributed by atoms with van der Waals surface area (Å²) in [6.07, 6.45) is 1.73. The normalized spacial score (nSPS) is 11.0. The van der Waals surface area contributed by atoms with E-state index in [1.807, 2.05) is 53.9 Å². The zero-order chi connectivity index (χ0) is 20.8. The number of halogens is 2. The van der Waals surface area contributed by atoms with Gasteiger partial charge in [-0.1, -0.05) is 40.2 Å².